The number of aromatic nitrogens is 2. The number of hydrogen-bond acceptors (Lipinski definition) is 7. The topological polar surface area (TPSA) is 101 Å². The molecule has 0 saturated carbocycles. The number of rotatable bonds is 9. The van der Waals surface area contributed by atoms with E-state index < -0.39 is 28.1 Å². The van der Waals surface area contributed by atoms with Crippen LogP contribution in [0.25, 0.3) is 0 Å². The number of fused-ring (bicyclic) bond motifs is 1. The smallest absolute Gasteiger partial charge is 0.306 e. The molecule has 1 atom stereocenters. The standard InChI is InChI=1S/C26H29F3N4O4S2/c1-4-39(36,37)19-7-5-17(6-8-19)11-21(34)30-25-31-23-20(38-25)14-33(24(23)16(2)3)13-18-9-10-32(22(35)12-18)15-26(27,28)29/h5-10,12,16,24H,4,11,13-15H2,1-3H3,(H,30,31,34)/t24-/m0/s1. The van der Waals surface area contributed by atoms with E-state index in [-0.39, 0.29) is 34.9 Å². The number of anilines is 1. The zero-order chi connectivity index (χ0) is 28.5. The van der Waals surface area contributed by atoms with Crippen molar-refractivity contribution in [1.29, 1.82) is 0 Å². The molecule has 1 aromatic carbocycles. The number of nitrogens with zero attached hydrogens (tertiary/aromatic N) is 3. The SMILES string of the molecule is CCS(=O)(=O)c1ccc(CC(=O)Nc2nc3c(s2)CN(Cc2ccn(CC(F)(F)F)c(=O)c2)[C@H]3C(C)C)cc1. The van der Waals surface area contributed by atoms with Crippen molar-refractivity contribution in [2.45, 2.75) is 63.9 Å². The van der Waals surface area contributed by atoms with Gasteiger partial charge in [0, 0.05) is 30.2 Å². The van der Waals surface area contributed by atoms with Crippen molar-refractivity contribution in [2.75, 3.05) is 11.1 Å². The van der Waals surface area contributed by atoms with Gasteiger partial charge in [-0.2, -0.15) is 13.2 Å². The first-order valence-corrected chi connectivity index (χ1v) is 14.8. The summed E-state index contributed by atoms with van der Waals surface area (Å²) in [5.74, 6) is -0.116. The summed E-state index contributed by atoms with van der Waals surface area (Å²) in [6.07, 6.45) is -3.24. The second-order valence-corrected chi connectivity index (χ2v) is 13.2. The van der Waals surface area contributed by atoms with Crippen LogP contribution in [-0.4, -0.2) is 40.7 Å². The molecule has 4 rings (SSSR count). The number of benzene rings is 1. The van der Waals surface area contributed by atoms with Crippen molar-refractivity contribution in [3.8, 4) is 0 Å². The maximum atomic E-state index is 12.7. The number of amides is 1. The van der Waals surface area contributed by atoms with Crippen molar-refractivity contribution in [1.82, 2.24) is 14.5 Å². The summed E-state index contributed by atoms with van der Waals surface area (Å²) >= 11 is 1.36. The van der Waals surface area contributed by atoms with Crippen LogP contribution in [-0.2, 0) is 40.7 Å². The highest BCUT2D eigenvalue weighted by atomic mass is 32.2. The number of alkyl halides is 3. The second kappa shape index (κ2) is 11.2. The minimum atomic E-state index is -4.47. The Morgan fingerprint density at radius 1 is 1.18 bits per heavy atom. The average molecular weight is 583 g/mol. The van der Waals surface area contributed by atoms with E-state index in [1.54, 1.807) is 19.1 Å². The predicted molar refractivity (Wildman–Crippen MR) is 142 cm³/mol. The van der Waals surface area contributed by atoms with Crippen LogP contribution in [0, 0.1) is 5.92 Å². The molecule has 210 valence electrons. The van der Waals surface area contributed by atoms with Crippen LogP contribution < -0.4 is 10.9 Å². The normalized spacial score (nSPS) is 16.0. The van der Waals surface area contributed by atoms with Gasteiger partial charge in [0.1, 0.15) is 6.54 Å². The predicted octanol–water partition coefficient (Wildman–Crippen LogP) is 4.55. The average Bonchev–Trinajstić information content (AvgIpc) is 3.36. The lowest BCUT2D eigenvalue weighted by atomic mass is 10.0. The molecular formula is C26H29F3N4O4S2. The van der Waals surface area contributed by atoms with Gasteiger partial charge in [0.05, 0.1) is 28.8 Å². The Kier molecular flexibility index (Phi) is 8.33. The quantitative estimate of drug-likeness (QED) is 0.397. The Hall–Kier alpha value is -3.03. The molecule has 1 aliphatic heterocycles. The van der Waals surface area contributed by atoms with Crippen LogP contribution in [0.15, 0.2) is 52.3 Å². The fourth-order valence-electron chi connectivity index (χ4n) is 4.64. The molecule has 0 saturated heterocycles. The zero-order valence-electron chi connectivity index (χ0n) is 21.7. The van der Waals surface area contributed by atoms with E-state index in [0.717, 1.165) is 10.6 Å². The summed E-state index contributed by atoms with van der Waals surface area (Å²) in [5, 5.41) is 3.30. The fraction of sp³-hybridized carbons (Fsp3) is 0.423. The first-order chi connectivity index (χ1) is 18.3. The maximum Gasteiger partial charge on any atom is 0.406 e. The van der Waals surface area contributed by atoms with Gasteiger partial charge in [-0.15, -0.1) is 11.3 Å². The molecular weight excluding hydrogens is 553 g/mol. The minimum Gasteiger partial charge on any atom is -0.306 e. The van der Waals surface area contributed by atoms with Crippen LogP contribution in [0.1, 0.15) is 48.5 Å². The van der Waals surface area contributed by atoms with E-state index in [9.17, 15) is 31.2 Å². The lowest BCUT2D eigenvalue weighted by Crippen LogP contribution is -2.29. The molecule has 0 aliphatic carbocycles. The number of carbonyl (C=O) groups excluding carboxylic acids is 1. The molecule has 39 heavy (non-hydrogen) atoms. The molecule has 1 amide bonds. The van der Waals surface area contributed by atoms with Gasteiger partial charge in [-0.3, -0.25) is 14.5 Å². The van der Waals surface area contributed by atoms with Gasteiger partial charge in [0.25, 0.3) is 5.56 Å². The fourth-order valence-corrected chi connectivity index (χ4v) is 6.57. The first kappa shape index (κ1) is 29.0. The van der Waals surface area contributed by atoms with Gasteiger partial charge in [-0.25, -0.2) is 13.4 Å². The molecule has 0 radical (unpaired) electrons. The Morgan fingerprint density at radius 3 is 2.46 bits per heavy atom. The van der Waals surface area contributed by atoms with Crippen molar-refractivity contribution in [3.05, 3.63) is 74.6 Å². The van der Waals surface area contributed by atoms with Gasteiger partial charge < -0.3 is 9.88 Å². The van der Waals surface area contributed by atoms with Crippen LogP contribution >= 0.6 is 11.3 Å². The van der Waals surface area contributed by atoms with Crippen LogP contribution in [0.5, 0.6) is 0 Å². The summed E-state index contributed by atoms with van der Waals surface area (Å²) in [6.45, 7) is 5.23. The molecule has 0 spiro atoms. The van der Waals surface area contributed by atoms with E-state index in [2.05, 4.69) is 15.2 Å². The second-order valence-electron chi connectivity index (χ2n) is 9.81. The van der Waals surface area contributed by atoms with E-state index in [1.165, 1.54) is 41.8 Å². The third kappa shape index (κ3) is 6.95. The van der Waals surface area contributed by atoms with Crippen LogP contribution in [0.3, 0.4) is 0 Å². The van der Waals surface area contributed by atoms with E-state index in [0.29, 0.717) is 33.9 Å². The third-order valence-electron chi connectivity index (χ3n) is 6.45. The maximum absolute atomic E-state index is 12.7. The van der Waals surface area contributed by atoms with Crippen LogP contribution in [0.2, 0.25) is 0 Å². The molecule has 0 fully saturated rings. The van der Waals surface area contributed by atoms with Crippen LogP contribution in [0.4, 0.5) is 18.3 Å². The lowest BCUT2D eigenvalue weighted by Gasteiger charge is -2.27. The molecule has 8 nitrogen and oxygen atoms in total. The van der Waals surface area contributed by atoms with Crippen molar-refractivity contribution < 1.29 is 26.4 Å². The molecule has 3 aromatic rings. The van der Waals surface area contributed by atoms with Gasteiger partial charge in [0.2, 0.25) is 5.91 Å². The van der Waals surface area contributed by atoms with Gasteiger partial charge in [0.15, 0.2) is 15.0 Å². The molecule has 0 unspecified atom stereocenters. The number of thiazole rings is 1. The minimum absolute atomic E-state index is 0.00331. The van der Waals surface area contributed by atoms with Gasteiger partial charge in [-0.1, -0.05) is 32.9 Å². The first-order valence-electron chi connectivity index (χ1n) is 12.4. The monoisotopic (exact) mass is 582 g/mol. The molecule has 13 heteroatoms. The van der Waals surface area contributed by atoms with E-state index in [4.69, 9.17) is 0 Å². The Morgan fingerprint density at radius 2 is 1.87 bits per heavy atom. The Labute approximate surface area is 228 Å². The summed E-state index contributed by atoms with van der Waals surface area (Å²) in [7, 11) is -3.31. The zero-order valence-corrected chi connectivity index (χ0v) is 23.3. The molecule has 1 aliphatic rings. The highest BCUT2D eigenvalue weighted by molar-refractivity contribution is 7.91. The van der Waals surface area contributed by atoms with Crippen molar-refractivity contribution in [2.24, 2.45) is 5.92 Å². The van der Waals surface area contributed by atoms with Gasteiger partial charge in [-0.05, 0) is 35.2 Å². The third-order valence-corrected chi connectivity index (χ3v) is 9.17. The number of nitrogens with one attached hydrogen (secondary N) is 1. The number of halogens is 3. The molecule has 1 N–H and O–H groups in total. The number of carbonyl (C=O) groups is 1. The van der Waals surface area contributed by atoms with E-state index in [1.807, 2.05) is 13.8 Å². The van der Waals surface area contributed by atoms with Crippen molar-refractivity contribution >= 4 is 32.2 Å². The highest BCUT2D eigenvalue weighted by Gasteiger charge is 2.36. The Bertz CT molecular complexity index is 1510. The Balaban J connectivity index is 1.42. The number of pyridine rings is 1. The van der Waals surface area contributed by atoms with Crippen molar-refractivity contribution in [3.63, 3.8) is 0 Å². The van der Waals surface area contributed by atoms with E-state index >= 15 is 0 Å². The lowest BCUT2D eigenvalue weighted by molar-refractivity contribution is -0.141. The summed E-state index contributed by atoms with van der Waals surface area (Å²) in [6, 6.07) is 8.92. The largest absolute Gasteiger partial charge is 0.406 e. The summed E-state index contributed by atoms with van der Waals surface area (Å²) in [5.41, 5.74) is 1.43. The van der Waals surface area contributed by atoms with Gasteiger partial charge >= 0.3 is 6.18 Å². The number of sulfone groups is 1. The molecule has 2 aromatic heterocycles. The summed E-state index contributed by atoms with van der Waals surface area (Å²) < 4.78 is 62.6. The molecule has 3 heterocycles. The summed E-state index contributed by atoms with van der Waals surface area (Å²) in [4.78, 5) is 32.8. The highest BCUT2D eigenvalue weighted by Crippen LogP contribution is 2.43. The number of hydrogen-bond donors (Lipinski definition) is 1. The molecule has 0 bridgehead atoms.